The number of methoxy groups -OCH3 is 2. The minimum Gasteiger partial charge on any atom is -0.508 e. The molecule has 5 aromatic rings. The Morgan fingerprint density at radius 3 is 2.47 bits per heavy atom. The number of benzene rings is 3. The zero-order valence-electron chi connectivity index (χ0n) is 20.5. The standard InChI is InChI=1S/C29H23NO8/c1-36-18-8-5-16-11-21(29(35)30-23(16)12-18)20(13-25(33)37-2)26-24(32)10-9-19-27(34)22(14-38-28(19)26)15-3-6-17(31)7-4-15/h3-12,14,20,31-32H,13H2,1-2H3,(H,30,35). The van der Waals surface area contributed by atoms with Gasteiger partial charge in [-0.15, -0.1) is 0 Å². The van der Waals surface area contributed by atoms with Crippen LogP contribution in [0.25, 0.3) is 33.0 Å². The summed E-state index contributed by atoms with van der Waals surface area (Å²) < 4.78 is 16.0. The van der Waals surface area contributed by atoms with Gasteiger partial charge in [0.25, 0.3) is 5.56 Å². The van der Waals surface area contributed by atoms with E-state index in [1.165, 1.54) is 44.7 Å². The summed E-state index contributed by atoms with van der Waals surface area (Å²) in [5.74, 6) is -1.25. The monoisotopic (exact) mass is 513 g/mol. The van der Waals surface area contributed by atoms with Crippen LogP contribution in [0.2, 0.25) is 0 Å². The summed E-state index contributed by atoms with van der Waals surface area (Å²) in [6.45, 7) is 0. The molecule has 192 valence electrons. The van der Waals surface area contributed by atoms with Crippen molar-refractivity contribution in [3.8, 4) is 28.4 Å². The van der Waals surface area contributed by atoms with Crippen molar-refractivity contribution in [2.24, 2.45) is 0 Å². The topological polar surface area (TPSA) is 139 Å². The molecule has 9 heteroatoms. The minimum absolute atomic E-state index is 0.0423. The number of aromatic nitrogens is 1. The van der Waals surface area contributed by atoms with Crippen LogP contribution in [-0.2, 0) is 9.53 Å². The number of aromatic hydroxyl groups is 2. The average Bonchev–Trinajstić information content (AvgIpc) is 2.92. The number of rotatable bonds is 6. The third kappa shape index (κ3) is 4.34. The number of carbonyl (C=O) groups excluding carboxylic acids is 1. The second kappa shape index (κ2) is 9.78. The van der Waals surface area contributed by atoms with Crippen LogP contribution in [0, 0.1) is 0 Å². The number of esters is 1. The Kier molecular flexibility index (Phi) is 6.34. The Balaban J connectivity index is 1.74. The lowest BCUT2D eigenvalue weighted by atomic mass is 9.86. The summed E-state index contributed by atoms with van der Waals surface area (Å²) in [4.78, 5) is 42.0. The van der Waals surface area contributed by atoms with Crippen LogP contribution in [0.1, 0.15) is 23.5 Å². The highest BCUT2D eigenvalue weighted by Crippen LogP contribution is 2.39. The fourth-order valence-corrected chi connectivity index (χ4v) is 4.59. The third-order valence-electron chi connectivity index (χ3n) is 6.54. The zero-order valence-corrected chi connectivity index (χ0v) is 20.5. The molecule has 9 nitrogen and oxygen atoms in total. The van der Waals surface area contributed by atoms with Gasteiger partial charge in [-0.2, -0.15) is 0 Å². The first-order valence-corrected chi connectivity index (χ1v) is 11.6. The predicted octanol–water partition coefficient (Wildman–Crippen LogP) is 4.42. The maximum absolute atomic E-state index is 13.4. The Bertz CT molecular complexity index is 1800. The molecule has 0 saturated carbocycles. The lowest BCUT2D eigenvalue weighted by molar-refractivity contribution is -0.140. The van der Waals surface area contributed by atoms with Gasteiger partial charge < -0.3 is 29.1 Å². The molecule has 2 aromatic heterocycles. The Morgan fingerprint density at radius 1 is 1.00 bits per heavy atom. The zero-order chi connectivity index (χ0) is 27.0. The molecular formula is C29H23NO8. The minimum atomic E-state index is -0.996. The average molecular weight is 514 g/mol. The highest BCUT2D eigenvalue weighted by atomic mass is 16.5. The highest BCUT2D eigenvalue weighted by Gasteiger charge is 2.29. The lowest BCUT2D eigenvalue weighted by Gasteiger charge is -2.19. The van der Waals surface area contributed by atoms with Gasteiger partial charge in [0.2, 0.25) is 5.43 Å². The Labute approximate surface area is 215 Å². The highest BCUT2D eigenvalue weighted by molar-refractivity contribution is 5.88. The van der Waals surface area contributed by atoms with Gasteiger partial charge in [-0.1, -0.05) is 12.1 Å². The summed E-state index contributed by atoms with van der Waals surface area (Å²) in [6, 6.07) is 15.6. The van der Waals surface area contributed by atoms with Gasteiger partial charge in [-0.3, -0.25) is 14.4 Å². The summed E-state index contributed by atoms with van der Waals surface area (Å²) in [5, 5.41) is 21.3. The van der Waals surface area contributed by atoms with E-state index in [0.29, 0.717) is 22.2 Å². The first-order chi connectivity index (χ1) is 18.3. The number of ether oxygens (including phenoxy) is 2. The van der Waals surface area contributed by atoms with E-state index in [0.717, 1.165) is 0 Å². The molecule has 0 saturated heterocycles. The van der Waals surface area contributed by atoms with Crippen LogP contribution in [-0.4, -0.2) is 35.4 Å². The number of fused-ring (bicyclic) bond motifs is 2. The predicted molar refractivity (Wildman–Crippen MR) is 141 cm³/mol. The van der Waals surface area contributed by atoms with E-state index in [2.05, 4.69) is 4.98 Å². The number of H-pyrrole nitrogens is 1. The van der Waals surface area contributed by atoms with Gasteiger partial charge >= 0.3 is 5.97 Å². The van der Waals surface area contributed by atoms with Gasteiger partial charge in [0, 0.05) is 23.1 Å². The third-order valence-corrected chi connectivity index (χ3v) is 6.54. The smallest absolute Gasteiger partial charge is 0.306 e. The Hall–Kier alpha value is -5.05. The number of aromatic amines is 1. The molecule has 0 spiro atoms. The number of hydrogen-bond donors (Lipinski definition) is 3. The molecule has 0 amide bonds. The van der Waals surface area contributed by atoms with Gasteiger partial charge in [0.1, 0.15) is 29.1 Å². The molecule has 0 aliphatic carbocycles. The Morgan fingerprint density at radius 2 is 1.76 bits per heavy atom. The largest absolute Gasteiger partial charge is 0.508 e. The quantitative estimate of drug-likeness (QED) is 0.284. The maximum Gasteiger partial charge on any atom is 0.306 e. The van der Waals surface area contributed by atoms with Crippen molar-refractivity contribution in [3.63, 3.8) is 0 Å². The first-order valence-electron chi connectivity index (χ1n) is 11.6. The number of nitrogens with one attached hydrogen (secondary N) is 1. The molecule has 5 rings (SSSR count). The van der Waals surface area contributed by atoms with Crippen LogP contribution in [0.15, 0.2) is 80.9 Å². The molecule has 0 aliphatic heterocycles. The fourth-order valence-electron chi connectivity index (χ4n) is 4.59. The van der Waals surface area contributed by atoms with E-state index in [1.807, 2.05) is 0 Å². The van der Waals surface area contributed by atoms with Crippen molar-refractivity contribution < 1.29 is 28.9 Å². The number of carbonyl (C=O) groups is 1. The van der Waals surface area contributed by atoms with Crippen molar-refractivity contribution in [2.75, 3.05) is 14.2 Å². The summed E-state index contributed by atoms with van der Waals surface area (Å²) in [7, 11) is 2.74. The summed E-state index contributed by atoms with van der Waals surface area (Å²) in [5.41, 5.74) is 0.773. The van der Waals surface area contributed by atoms with E-state index in [1.54, 1.807) is 36.4 Å². The van der Waals surface area contributed by atoms with E-state index < -0.39 is 17.4 Å². The maximum atomic E-state index is 13.4. The second-order valence-electron chi connectivity index (χ2n) is 8.74. The molecule has 38 heavy (non-hydrogen) atoms. The fraction of sp³-hybridized carbons (Fsp3) is 0.138. The number of phenolic OH excluding ortho intramolecular Hbond substituents is 2. The van der Waals surface area contributed by atoms with Crippen molar-refractivity contribution in [3.05, 3.63) is 98.6 Å². The molecular weight excluding hydrogens is 490 g/mol. The molecule has 1 atom stereocenters. The van der Waals surface area contributed by atoms with Crippen LogP contribution in [0.4, 0.5) is 0 Å². The van der Waals surface area contributed by atoms with Crippen molar-refractivity contribution >= 4 is 27.8 Å². The van der Waals surface area contributed by atoms with Crippen LogP contribution in [0.5, 0.6) is 17.2 Å². The normalized spacial score (nSPS) is 11.9. The number of pyridine rings is 1. The van der Waals surface area contributed by atoms with Crippen molar-refractivity contribution in [1.82, 2.24) is 4.98 Å². The number of phenols is 2. The molecule has 0 bridgehead atoms. The van der Waals surface area contributed by atoms with Gasteiger partial charge in [0.05, 0.1) is 37.1 Å². The van der Waals surface area contributed by atoms with Crippen molar-refractivity contribution in [2.45, 2.75) is 12.3 Å². The van der Waals surface area contributed by atoms with E-state index in [9.17, 15) is 24.6 Å². The molecule has 0 aliphatic rings. The van der Waals surface area contributed by atoms with E-state index in [4.69, 9.17) is 13.9 Å². The SMILES string of the molecule is COC(=O)CC(c1cc2ccc(OC)cc2[nH]c1=O)c1c(O)ccc2c(=O)c(-c3ccc(O)cc3)coc12. The number of hydrogen-bond acceptors (Lipinski definition) is 8. The molecule has 0 radical (unpaired) electrons. The molecule has 1 unspecified atom stereocenters. The lowest BCUT2D eigenvalue weighted by Crippen LogP contribution is -2.20. The first kappa shape index (κ1) is 24.6. The van der Waals surface area contributed by atoms with Crippen LogP contribution >= 0.6 is 0 Å². The molecule has 2 heterocycles. The second-order valence-corrected chi connectivity index (χ2v) is 8.74. The van der Waals surface area contributed by atoms with E-state index >= 15 is 0 Å². The van der Waals surface area contributed by atoms with Crippen LogP contribution in [0.3, 0.4) is 0 Å². The van der Waals surface area contributed by atoms with Gasteiger partial charge in [-0.25, -0.2) is 0 Å². The van der Waals surface area contributed by atoms with Gasteiger partial charge in [-0.05, 0) is 53.4 Å². The molecule has 3 N–H and O–H groups in total. The molecule has 3 aromatic carbocycles. The summed E-state index contributed by atoms with van der Waals surface area (Å²) >= 11 is 0. The van der Waals surface area contributed by atoms with Crippen molar-refractivity contribution in [1.29, 1.82) is 0 Å². The molecule has 0 fully saturated rings. The van der Waals surface area contributed by atoms with E-state index in [-0.39, 0.29) is 51.0 Å². The van der Waals surface area contributed by atoms with Crippen LogP contribution < -0.4 is 15.7 Å². The van der Waals surface area contributed by atoms with Gasteiger partial charge in [0.15, 0.2) is 0 Å². The summed E-state index contributed by atoms with van der Waals surface area (Å²) in [6.07, 6.45) is 0.962.